The van der Waals surface area contributed by atoms with Crippen LogP contribution in [0, 0.1) is 11.3 Å². The Morgan fingerprint density at radius 2 is 2.23 bits per heavy atom. The zero-order chi connectivity index (χ0) is 25.4. The Kier molecular flexibility index (Phi) is 8.92. The summed E-state index contributed by atoms with van der Waals surface area (Å²) in [5.74, 6) is -1.24. The van der Waals surface area contributed by atoms with Crippen molar-refractivity contribution in [2.24, 2.45) is 27.4 Å². The third-order valence-electron chi connectivity index (χ3n) is 5.07. The van der Waals surface area contributed by atoms with E-state index in [-0.39, 0.29) is 39.1 Å². The normalized spacial score (nSPS) is 19.5. The molecule has 3 rings (SSSR count). The molecule has 0 radical (unpaired) electrons. The van der Waals surface area contributed by atoms with E-state index >= 15 is 0 Å². The molecule has 2 heterocycles. The second-order valence-electron chi connectivity index (χ2n) is 7.57. The van der Waals surface area contributed by atoms with Crippen molar-refractivity contribution in [3.05, 3.63) is 58.2 Å². The molecule has 0 saturated carbocycles. The first kappa shape index (κ1) is 25.8. The van der Waals surface area contributed by atoms with Crippen LogP contribution in [0.1, 0.15) is 12.0 Å². The molecule has 1 aromatic carbocycles. The number of ether oxygens (including phenoxy) is 1. The van der Waals surface area contributed by atoms with Gasteiger partial charge in [-0.05, 0) is 49.7 Å². The molecule has 0 aromatic heterocycles. The van der Waals surface area contributed by atoms with Crippen LogP contribution in [0.25, 0.3) is 5.70 Å². The monoisotopic (exact) mass is 506 g/mol. The summed E-state index contributed by atoms with van der Waals surface area (Å²) in [6.45, 7) is -0.971. The topological polar surface area (TPSA) is 163 Å². The summed E-state index contributed by atoms with van der Waals surface area (Å²) in [5.41, 5.74) is 11.6. The Morgan fingerprint density at radius 1 is 1.43 bits per heavy atom. The van der Waals surface area contributed by atoms with Gasteiger partial charge in [0.05, 0.1) is 11.4 Å². The molecule has 13 heteroatoms. The third kappa shape index (κ3) is 7.11. The van der Waals surface area contributed by atoms with Gasteiger partial charge < -0.3 is 32.2 Å². The minimum Gasteiger partial charge on any atom is -0.434 e. The maximum atomic E-state index is 13.1. The summed E-state index contributed by atoms with van der Waals surface area (Å²) >= 11 is 6.06. The molecule has 186 valence electrons. The average Bonchev–Trinajstić information content (AvgIpc) is 3.33. The number of amides is 1. The summed E-state index contributed by atoms with van der Waals surface area (Å²) in [6.07, 6.45) is 6.80. The molecule has 0 aliphatic carbocycles. The van der Waals surface area contributed by atoms with E-state index in [1.807, 2.05) is 0 Å². The maximum absolute atomic E-state index is 13.1. The van der Waals surface area contributed by atoms with Crippen molar-refractivity contribution in [3.63, 3.8) is 0 Å². The van der Waals surface area contributed by atoms with Gasteiger partial charge in [0.2, 0.25) is 0 Å². The smallest absolute Gasteiger partial charge is 0.387 e. The summed E-state index contributed by atoms with van der Waals surface area (Å²) in [4.78, 5) is 21.5. The summed E-state index contributed by atoms with van der Waals surface area (Å²) < 4.78 is 30.5. The minimum atomic E-state index is -3.11. The van der Waals surface area contributed by atoms with Crippen LogP contribution in [0.5, 0.6) is 5.75 Å². The maximum Gasteiger partial charge on any atom is 0.387 e. The van der Waals surface area contributed by atoms with Crippen molar-refractivity contribution < 1.29 is 18.3 Å². The van der Waals surface area contributed by atoms with Gasteiger partial charge >= 0.3 is 6.61 Å². The van der Waals surface area contributed by atoms with Crippen molar-refractivity contribution in [2.75, 3.05) is 19.6 Å². The number of aliphatic imine (C=N–C) groups is 2. The van der Waals surface area contributed by atoms with Gasteiger partial charge in [-0.25, -0.2) is 4.99 Å². The molecule has 0 bridgehead atoms. The highest BCUT2D eigenvalue weighted by molar-refractivity contribution is 6.30. The predicted molar refractivity (Wildman–Crippen MR) is 131 cm³/mol. The fourth-order valence-corrected chi connectivity index (χ4v) is 3.56. The zero-order valence-corrected chi connectivity index (χ0v) is 19.3. The van der Waals surface area contributed by atoms with Crippen molar-refractivity contribution in [3.8, 4) is 5.75 Å². The van der Waals surface area contributed by atoms with Gasteiger partial charge in [0.25, 0.3) is 5.91 Å². The largest absolute Gasteiger partial charge is 0.434 e. The number of hydrogen-bond donors (Lipinski definition) is 6. The number of amidine groups is 1. The molecule has 2 aliphatic heterocycles. The van der Waals surface area contributed by atoms with Gasteiger partial charge in [0.15, 0.2) is 0 Å². The Labute approximate surface area is 205 Å². The van der Waals surface area contributed by atoms with E-state index in [2.05, 4.69) is 30.7 Å². The Morgan fingerprint density at radius 3 is 2.86 bits per heavy atom. The number of nitrogens with one attached hydrogen (secondary N) is 4. The van der Waals surface area contributed by atoms with E-state index < -0.39 is 18.4 Å². The molecule has 8 N–H and O–H groups in total. The number of allylic oxidation sites excluding steroid dienone is 2. The van der Waals surface area contributed by atoms with E-state index in [1.54, 1.807) is 6.08 Å². The van der Waals surface area contributed by atoms with Crippen LogP contribution in [-0.4, -0.2) is 50.4 Å². The fraction of sp³-hybridized carbons (Fsp3) is 0.273. The molecule has 1 aromatic rings. The summed E-state index contributed by atoms with van der Waals surface area (Å²) in [7, 11) is 0. The van der Waals surface area contributed by atoms with Crippen molar-refractivity contribution in [2.45, 2.75) is 13.0 Å². The van der Waals surface area contributed by atoms with E-state index in [9.17, 15) is 13.6 Å². The Bertz CT molecular complexity index is 1120. The van der Waals surface area contributed by atoms with Gasteiger partial charge in [0, 0.05) is 35.8 Å². The predicted octanol–water partition coefficient (Wildman–Crippen LogP) is 1.70. The van der Waals surface area contributed by atoms with Crippen LogP contribution in [0.2, 0.25) is 5.02 Å². The molecule has 1 saturated heterocycles. The zero-order valence-electron chi connectivity index (χ0n) is 18.5. The molecule has 35 heavy (non-hydrogen) atoms. The average molecular weight is 507 g/mol. The number of rotatable bonds is 9. The number of alkyl halides is 2. The highest BCUT2D eigenvalue weighted by Crippen LogP contribution is 2.29. The van der Waals surface area contributed by atoms with Gasteiger partial charge in [-0.2, -0.15) is 8.78 Å². The van der Waals surface area contributed by atoms with Crippen molar-refractivity contribution >= 4 is 41.5 Å². The van der Waals surface area contributed by atoms with Gasteiger partial charge in [0.1, 0.15) is 23.0 Å². The first-order valence-corrected chi connectivity index (χ1v) is 10.9. The lowest BCUT2D eigenvalue weighted by Gasteiger charge is -2.16. The van der Waals surface area contributed by atoms with Crippen LogP contribution < -0.4 is 32.2 Å². The number of halogens is 3. The lowest BCUT2D eigenvalue weighted by atomic mass is 10.1. The van der Waals surface area contributed by atoms with Crippen molar-refractivity contribution in [1.29, 1.82) is 5.41 Å². The Balaban J connectivity index is 2.01. The molecule has 10 nitrogen and oxygen atoms in total. The molecule has 1 atom stereocenters. The standard InChI is InChI=1S/C22H25ClF2N8O2/c23-13-2-3-16(35-22(24)25)14(8-13)18(26)15(11-30-10-12-4-7-29-9-12)33-21(34)17(19(27)28)20-31-5-1-6-32-20/h1-3,5-6,8,11-12,22,29,31H,4,7,9-10,26H2,(H3,27,28)(H,33,34)/b18-15?,20-17-,30-11?. The lowest BCUT2D eigenvalue weighted by molar-refractivity contribution is -0.116. The number of nitrogens with two attached hydrogens (primary N) is 2. The number of hydrogen-bond acceptors (Lipinski definition) is 8. The van der Waals surface area contributed by atoms with Crippen molar-refractivity contribution in [1.82, 2.24) is 16.0 Å². The molecule has 1 unspecified atom stereocenters. The quantitative estimate of drug-likeness (QED) is 0.169. The van der Waals surface area contributed by atoms with Crippen LogP contribution in [0.3, 0.4) is 0 Å². The SMILES string of the molecule is N=C(N)/C(C(=O)NC(C=NCC1CCNC1)=C(N)c1cc(Cl)ccc1OC(F)F)=C1/N=CC=CN1. The molecular formula is C22H25ClF2N8O2. The number of carbonyl (C=O) groups is 1. The van der Waals surface area contributed by atoms with E-state index in [1.165, 1.54) is 36.8 Å². The third-order valence-corrected chi connectivity index (χ3v) is 5.31. The van der Waals surface area contributed by atoms with E-state index in [4.69, 9.17) is 28.5 Å². The fourth-order valence-electron chi connectivity index (χ4n) is 3.39. The molecule has 1 amide bonds. The highest BCUT2D eigenvalue weighted by atomic mass is 35.5. The van der Waals surface area contributed by atoms with Gasteiger partial charge in [-0.3, -0.25) is 15.2 Å². The van der Waals surface area contributed by atoms with E-state index in [0.29, 0.717) is 12.5 Å². The molecular weight excluding hydrogens is 482 g/mol. The first-order valence-electron chi connectivity index (χ1n) is 10.6. The van der Waals surface area contributed by atoms with Gasteiger partial charge in [-0.15, -0.1) is 0 Å². The number of nitrogens with zero attached hydrogens (tertiary/aromatic N) is 2. The Hall–Kier alpha value is -3.77. The van der Waals surface area contributed by atoms with Crippen LogP contribution in [0.15, 0.2) is 57.6 Å². The summed E-state index contributed by atoms with van der Waals surface area (Å²) in [5, 5.41) is 16.6. The summed E-state index contributed by atoms with van der Waals surface area (Å²) in [6, 6.07) is 3.94. The molecule has 2 aliphatic rings. The number of benzene rings is 1. The lowest BCUT2D eigenvalue weighted by Crippen LogP contribution is -2.35. The second-order valence-corrected chi connectivity index (χ2v) is 8.01. The first-order chi connectivity index (χ1) is 16.8. The van der Waals surface area contributed by atoms with Gasteiger partial charge in [-0.1, -0.05) is 11.6 Å². The molecule has 0 spiro atoms. The number of carbonyl (C=O) groups excluding carboxylic acids is 1. The minimum absolute atomic E-state index is 0.0166. The second kappa shape index (κ2) is 12.1. The molecule has 1 fully saturated rings. The van der Waals surface area contributed by atoms with Crippen LogP contribution >= 0.6 is 11.6 Å². The van der Waals surface area contributed by atoms with E-state index in [0.717, 1.165) is 19.5 Å². The van der Waals surface area contributed by atoms with Crippen LogP contribution in [-0.2, 0) is 4.79 Å². The van der Waals surface area contributed by atoms with Crippen LogP contribution in [0.4, 0.5) is 8.78 Å². The highest BCUT2D eigenvalue weighted by Gasteiger charge is 2.22.